The number of nitrogens with one attached hydrogen (secondary N) is 1. The molecule has 0 bridgehead atoms. The maximum Gasteiger partial charge on any atom is 0.306 e. The van der Waals surface area contributed by atoms with Crippen molar-refractivity contribution in [3.63, 3.8) is 0 Å². The van der Waals surface area contributed by atoms with Gasteiger partial charge in [-0.1, -0.05) is 0 Å². The fraction of sp³-hybridized carbons (Fsp3) is 0.500. The number of aliphatic hydroxyl groups excluding tert-OH is 1. The molecule has 0 aliphatic rings. The number of carboxylic acid groups (broad SMARTS) is 1. The van der Waals surface area contributed by atoms with Crippen LogP contribution in [0.4, 0.5) is 0 Å². The van der Waals surface area contributed by atoms with Crippen LogP contribution in [0.1, 0.15) is 17.5 Å². The molecule has 0 saturated carbocycles. The number of aryl methyl sites for hydroxylation is 1. The van der Waals surface area contributed by atoms with Gasteiger partial charge in [0.15, 0.2) is 0 Å². The summed E-state index contributed by atoms with van der Waals surface area (Å²) in [5.74, 6) is -0.976. The lowest BCUT2D eigenvalue weighted by molar-refractivity contribution is -0.139. The summed E-state index contributed by atoms with van der Waals surface area (Å²) in [5, 5.41) is 24.8. The first-order valence-electron chi connectivity index (χ1n) is 4.72. The van der Waals surface area contributed by atoms with Crippen molar-refractivity contribution in [3.05, 3.63) is 21.9 Å². The molecule has 1 rings (SSSR count). The van der Waals surface area contributed by atoms with E-state index in [9.17, 15) is 9.90 Å². The van der Waals surface area contributed by atoms with Crippen molar-refractivity contribution >= 4 is 17.3 Å². The van der Waals surface area contributed by atoms with Gasteiger partial charge in [-0.05, 0) is 28.8 Å². The summed E-state index contributed by atoms with van der Waals surface area (Å²) in [6, 6.07) is 0. The van der Waals surface area contributed by atoms with Crippen molar-refractivity contribution in [2.75, 3.05) is 6.54 Å². The molecule has 0 spiro atoms. The minimum Gasteiger partial charge on any atom is -0.481 e. The molecule has 0 saturated heterocycles. The molecule has 1 aromatic heterocycles. The lowest BCUT2D eigenvalue weighted by Crippen LogP contribution is -2.28. The molecule has 1 aromatic rings. The van der Waals surface area contributed by atoms with Crippen LogP contribution in [0.2, 0.25) is 0 Å². The first-order chi connectivity index (χ1) is 7.09. The van der Waals surface area contributed by atoms with Gasteiger partial charge in [-0.2, -0.15) is 11.3 Å². The molecule has 3 N–H and O–H groups in total. The summed E-state index contributed by atoms with van der Waals surface area (Å²) in [5.41, 5.74) is 2.42. The minimum absolute atomic E-state index is 0.213. The Kier molecular flexibility index (Phi) is 4.74. The second kappa shape index (κ2) is 5.85. The normalized spacial score (nSPS) is 12.7. The van der Waals surface area contributed by atoms with Gasteiger partial charge in [0, 0.05) is 13.1 Å². The lowest BCUT2D eigenvalue weighted by atomic mass is 10.2. The van der Waals surface area contributed by atoms with Crippen LogP contribution in [0, 0.1) is 6.92 Å². The van der Waals surface area contributed by atoms with Crippen molar-refractivity contribution in [3.8, 4) is 0 Å². The highest BCUT2D eigenvalue weighted by Gasteiger charge is 2.08. The van der Waals surface area contributed by atoms with E-state index in [1.165, 1.54) is 11.1 Å². The van der Waals surface area contributed by atoms with Gasteiger partial charge in [-0.25, -0.2) is 0 Å². The molecule has 0 aliphatic carbocycles. The molecular formula is C10H15NO3S. The Morgan fingerprint density at radius 2 is 2.33 bits per heavy atom. The van der Waals surface area contributed by atoms with E-state index in [-0.39, 0.29) is 6.42 Å². The number of carbonyl (C=O) groups is 1. The van der Waals surface area contributed by atoms with Crippen molar-refractivity contribution in [1.29, 1.82) is 0 Å². The SMILES string of the molecule is Cc1cscc1CNCC(O)CC(=O)O. The van der Waals surface area contributed by atoms with Gasteiger partial charge in [0.05, 0.1) is 12.5 Å². The molecule has 5 heteroatoms. The highest BCUT2D eigenvalue weighted by molar-refractivity contribution is 7.08. The number of carboxylic acids is 1. The van der Waals surface area contributed by atoms with Crippen molar-refractivity contribution in [1.82, 2.24) is 5.32 Å². The van der Waals surface area contributed by atoms with Crippen LogP contribution in [-0.4, -0.2) is 28.8 Å². The Hall–Kier alpha value is -0.910. The quantitative estimate of drug-likeness (QED) is 0.680. The third kappa shape index (κ3) is 4.42. The van der Waals surface area contributed by atoms with E-state index in [4.69, 9.17) is 5.11 Å². The standard InChI is InChI=1S/C10H15NO3S/c1-7-5-15-6-8(7)3-11-4-9(12)2-10(13)14/h5-6,9,11-12H,2-4H2,1H3,(H,13,14). The molecule has 0 aromatic carbocycles. The van der Waals surface area contributed by atoms with Crippen LogP contribution in [0.5, 0.6) is 0 Å². The highest BCUT2D eigenvalue weighted by atomic mass is 32.1. The minimum atomic E-state index is -0.976. The second-order valence-corrected chi connectivity index (χ2v) is 4.21. The van der Waals surface area contributed by atoms with Crippen LogP contribution in [0.25, 0.3) is 0 Å². The molecule has 0 amide bonds. The number of hydrogen-bond acceptors (Lipinski definition) is 4. The van der Waals surface area contributed by atoms with E-state index in [1.807, 2.05) is 12.3 Å². The van der Waals surface area contributed by atoms with E-state index < -0.39 is 12.1 Å². The van der Waals surface area contributed by atoms with Gasteiger partial charge in [0.1, 0.15) is 0 Å². The molecule has 84 valence electrons. The molecule has 0 aliphatic heterocycles. The number of aliphatic carboxylic acids is 1. The fourth-order valence-corrected chi connectivity index (χ4v) is 2.07. The van der Waals surface area contributed by atoms with Gasteiger partial charge >= 0.3 is 5.97 Å². The Morgan fingerprint density at radius 1 is 1.60 bits per heavy atom. The summed E-state index contributed by atoms with van der Waals surface area (Å²) in [6.45, 7) is 3.01. The molecule has 1 unspecified atom stereocenters. The van der Waals surface area contributed by atoms with E-state index in [1.54, 1.807) is 11.3 Å². The number of aliphatic hydroxyl groups is 1. The Morgan fingerprint density at radius 3 is 2.87 bits per heavy atom. The van der Waals surface area contributed by atoms with Crippen molar-refractivity contribution in [2.45, 2.75) is 26.0 Å². The second-order valence-electron chi connectivity index (χ2n) is 3.46. The Bertz CT molecular complexity index is 324. The zero-order chi connectivity index (χ0) is 11.3. The Balaban J connectivity index is 2.22. The van der Waals surface area contributed by atoms with E-state index in [0.29, 0.717) is 13.1 Å². The van der Waals surface area contributed by atoms with Gasteiger partial charge in [-0.15, -0.1) is 0 Å². The van der Waals surface area contributed by atoms with Crippen molar-refractivity contribution < 1.29 is 15.0 Å². The summed E-state index contributed by atoms with van der Waals surface area (Å²) in [4.78, 5) is 10.3. The summed E-state index contributed by atoms with van der Waals surface area (Å²) in [6.07, 6.45) is -1.03. The summed E-state index contributed by atoms with van der Waals surface area (Å²) in [7, 11) is 0. The van der Waals surface area contributed by atoms with Gasteiger partial charge in [0.25, 0.3) is 0 Å². The van der Waals surface area contributed by atoms with E-state index in [0.717, 1.165) is 0 Å². The van der Waals surface area contributed by atoms with Crippen LogP contribution in [0.15, 0.2) is 10.8 Å². The number of rotatable bonds is 6. The first-order valence-corrected chi connectivity index (χ1v) is 5.66. The highest BCUT2D eigenvalue weighted by Crippen LogP contribution is 2.12. The zero-order valence-corrected chi connectivity index (χ0v) is 9.38. The molecule has 15 heavy (non-hydrogen) atoms. The van der Waals surface area contributed by atoms with Crippen LogP contribution in [-0.2, 0) is 11.3 Å². The maximum atomic E-state index is 10.3. The third-order valence-corrected chi connectivity index (χ3v) is 2.98. The van der Waals surface area contributed by atoms with Crippen LogP contribution >= 0.6 is 11.3 Å². The fourth-order valence-electron chi connectivity index (χ4n) is 1.22. The topological polar surface area (TPSA) is 69.6 Å². The Labute approximate surface area is 92.6 Å². The smallest absolute Gasteiger partial charge is 0.306 e. The molecule has 1 heterocycles. The first kappa shape index (κ1) is 12.2. The van der Waals surface area contributed by atoms with Crippen LogP contribution in [0.3, 0.4) is 0 Å². The number of thiophene rings is 1. The van der Waals surface area contributed by atoms with Gasteiger partial charge < -0.3 is 15.5 Å². The predicted octanol–water partition coefficient (Wildman–Crippen LogP) is 0.982. The summed E-state index contributed by atoms with van der Waals surface area (Å²) < 4.78 is 0. The monoisotopic (exact) mass is 229 g/mol. The van der Waals surface area contributed by atoms with Gasteiger partial charge in [-0.3, -0.25) is 4.79 Å². The summed E-state index contributed by atoms with van der Waals surface area (Å²) >= 11 is 1.64. The van der Waals surface area contributed by atoms with E-state index >= 15 is 0 Å². The molecule has 4 nitrogen and oxygen atoms in total. The predicted molar refractivity (Wildman–Crippen MR) is 59.0 cm³/mol. The lowest BCUT2D eigenvalue weighted by Gasteiger charge is -2.09. The van der Waals surface area contributed by atoms with Crippen molar-refractivity contribution in [2.24, 2.45) is 0 Å². The van der Waals surface area contributed by atoms with Gasteiger partial charge in [0.2, 0.25) is 0 Å². The third-order valence-electron chi connectivity index (χ3n) is 2.07. The molecule has 0 fully saturated rings. The largest absolute Gasteiger partial charge is 0.481 e. The molecule has 0 radical (unpaired) electrons. The van der Waals surface area contributed by atoms with Crippen LogP contribution < -0.4 is 5.32 Å². The molecule has 1 atom stereocenters. The molecular weight excluding hydrogens is 214 g/mol. The average molecular weight is 229 g/mol. The number of hydrogen-bond donors (Lipinski definition) is 3. The zero-order valence-electron chi connectivity index (χ0n) is 8.56. The maximum absolute atomic E-state index is 10.3. The average Bonchev–Trinajstić information content (AvgIpc) is 2.50. The van der Waals surface area contributed by atoms with E-state index in [2.05, 4.69) is 10.7 Å².